The van der Waals surface area contributed by atoms with Crippen molar-refractivity contribution in [2.45, 2.75) is 0 Å². The first kappa shape index (κ1) is 9.71. The Kier molecular flexibility index (Phi) is 3.26. The van der Waals surface area contributed by atoms with E-state index in [1.807, 2.05) is 18.2 Å². The van der Waals surface area contributed by atoms with Crippen LogP contribution >= 0.6 is 0 Å². The van der Waals surface area contributed by atoms with Gasteiger partial charge in [-0.15, -0.1) is 0 Å². The first-order chi connectivity index (χ1) is 5.38. The molecule has 0 saturated carbocycles. The van der Waals surface area contributed by atoms with E-state index in [0.29, 0.717) is 5.39 Å². The van der Waals surface area contributed by atoms with E-state index in [-0.39, 0.29) is 43.3 Å². The van der Waals surface area contributed by atoms with Crippen LogP contribution in [0.3, 0.4) is 0 Å². The van der Waals surface area contributed by atoms with Crippen LogP contribution < -0.4 is 5.56 Å². The van der Waals surface area contributed by atoms with Crippen molar-refractivity contribution in [1.29, 1.82) is 0 Å². The Balaban J connectivity index is 0.000000720. The second-order valence-corrected chi connectivity index (χ2v) is 2.25. The van der Waals surface area contributed by atoms with Crippen molar-refractivity contribution in [3.63, 3.8) is 0 Å². The maximum atomic E-state index is 11.1. The summed E-state index contributed by atoms with van der Waals surface area (Å²) in [7, 11) is 0. The number of benzene rings is 1. The van der Waals surface area contributed by atoms with Crippen molar-refractivity contribution in [3.05, 3.63) is 40.9 Å². The summed E-state index contributed by atoms with van der Waals surface area (Å²) in [5.41, 5.74) is 0.645. The molecular formula is C8H6ArN2O. The van der Waals surface area contributed by atoms with E-state index >= 15 is 0 Å². The first-order valence-corrected chi connectivity index (χ1v) is 3.30. The molecule has 0 saturated heterocycles. The quantitative estimate of drug-likeness (QED) is 0.665. The van der Waals surface area contributed by atoms with Crippen molar-refractivity contribution in [1.82, 2.24) is 9.97 Å². The van der Waals surface area contributed by atoms with Gasteiger partial charge in [0.15, 0.2) is 0 Å². The predicted octanol–water partition coefficient (Wildman–Crippen LogP) is 0.923. The van der Waals surface area contributed by atoms with E-state index in [1.54, 1.807) is 6.07 Å². The largest absolute Gasteiger partial charge is 0.313 e. The van der Waals surface area contributed by atoms with Gasteiger partial charge < -0.3 is 4.98 Å². The van der Waals surface area contributed by atoms with Gasteiger partial charge in [0, 0.05) is 37.7 Å². The van der Waals surface area contributed by atoms with Gasteiger partial charge in [-0.05, 0) is 12.1 Å². The van der Waals surface area contributed by atoms with Crippen LogP contribution in [0.15, 0.2) is 35.4 Å². The van der Waals surface area contributed by atoms with Gasteiger partial charge in [0.25, 0.3) is 5.56 Å². The molecule has 0 fully saturated rings. The molecule has 0 aliphatic carbocycles. The Morgan fingerprint density at radius 1 is 1.25 bits per heavy atom. The van der Waals surface area contributed by atoms with Crippen molar-refractivity contribution < 1.29 is 37.7 Å². The maximum absolute atomic E-state index is 11.1. The van der Waals surface area contributed by atoms with Crippen LogP contribution in [0.4, 0.5) is 0 Å². The molecule has 0 bridgehead atoms. The average Bonchev–Trinajstić information content (AvgIpc) is 2.06. The van der Waals surface area contributed by atoms with Gasteiger partial charge in [-0.1, -0.05) is 12.1 Å². The summed E-state index contributed by atoms with van der Waals surface area (Å²) in [5, 5.41) is 0.634. The summed E-state index contributed by atoms with van der Waals surface area (Å²) >= 11 is 0. The number of hydrogen-bond acceptors (Lipinski definition) is 2. The molecule has 12 heavy (non-hydrogen) atoms. The van der Waals surface area contributed by atoms with Crippen LogP contribution in [0.1, 0.15) is 0 Å². The predicted molar refractivity (Wildman–Crippen MR) is 42.4 cm³/mol. The summed E-state index contributed by atoms with van der Waals surface area (Å²) in [6.07, 6.45) is 1.41. The van der Waals surface area contributed by atoms with E-state index in [9.17, 15) is 4.79 Å². The fourth-order valence-corrected chi connectivity index (χ4v) is 1.02. The zero-order chi connectivity index (χ0) is 7.68. The van der Waals surface area contributed by atoms with E-state index in [4.69, 9.17) is 0 Å². The van der Waals surface area contributed by atoms with Crippen LogP contribution in [-0.2, 0) is 0 Å². The third kappa shape index (κ3) is 1.68. The molecule has 0 aliphatic rings. The van der Waals surface area contributed by atoms with Gasteiger partial charge in [0.2, 0.25) is 0 Å². The van der Waals surface area contributed by atoms with Crippen molar-refractivity contribution >= 4 is 10.9 Å². The molecule has 0 spiro atoms. The minimum absolute atomic E-state index is 0. The van der Waals surface area contributed by atoms with Gasteiger partial charge in [-0.25, -0.2) is 4.98 Å². The zero-order valence-corrected chi connectivity index (χ0v) is 6.80. The second-order valence-electron chi connectivity index (χ2n) is 2.25. The maximum Gasteiger partial charge on any atom is 0.258 e. The Morgan fingerprint density at radius 2 is 2.00 bits per heavy atom. The molecule has 0 amide bonds. The molecule has 1 aromatic heterocycles. The van der Waals surface area contributed by atoms with Gasteiger partial charge in [0.05, 0.1) is 17.2 Å². The average molecular weight is 186 g/mol. The number of hydrogen-bond donors (Lipinski definition) is 1. The van der Waals surface area contributed by atoms with Crippen LogP contribution in [0.2, 0.25) is 0 Å². The normalized spacial score (nSPS) is 9.33. The van der Waals surface area contributed by atoms with Crippen LogP contribution in [0, 0.1) is 37.7 Å². The summed E-state index contributed by atoms with van der Waals surface area (Å²) in [6.45, 7) is 0. The number of nitrogens with zero attached hydrogens (tertiary/aromatic N) is 1. The Hall–Kier alpha value is -0.380. The molecule has 1 aromatic carbocycles. The number of para-hydroxylation sites is 1. The molecule has 2 aromatic rings. The molecule has 62 valence electrons. The summed E-state index contributed by atoms with van der Waals surface area (Å²) < 4.78 is 0. The standard InChI is InChI=1S/C8H6N2O.Ar/c11-8-6-3-1-2-4-7(6)9-5-10-8;/h1-5H,(H,9,10,11);. The first-order valence-electron chi connectivity index (χ1n) is 3.30. The minimum atomic E-state index is -0.0874. The third-order valence-corrected chi connectivity index (χ3v) is 1.55. The van der Waals surface area contributed by atoms with Crippen molar-refractivity contribution in [2.75, 3.05) is 0 Å². The number of fused-ring (bicyclic) bond motifs is 1. The molecule has 0 radical (unpaired) electrons. The monoisotopic (exact) mass is 186 g/mol. The Morgan fingerprint density at radius 3 is 2.75 bits per heavy atom. The fraction of sp³-hybridized carbons (Fsp3) is 0. The van der Waals surface area contributed by atoms with E-state index in [1.165, 1.54) is 6.33 Å². The number of rotatable bonds is 0. The van der Waals surface area contributed by atoms with Crippen LogP contribution in [-0.4, -0.2) is 9.97 Å². The van der Waals surface area contributed by atoms with Gasteiger partial charge in [0.1, 0.15) is 0 Å². The Bertz CT molecular complexity index is 433. The van der Waals surface area contributed by atoms with Crippen molar-refractivity contribution in [2.24, 2.45) is 0 Å². The SMILES string of the molecule is O=c1[nH]cnc2ccccc12.[Ar]. The number of aromatic nitrogens is 2. The number of aromatic amines is 1. The molecule has 4 heteroatoms. The minimum Gasteiger partial charge on any atom is -0.313 e. The van der Waals surface area contributed by atoms with E-state index in [0.717, 1.165) is 5.52 Å². The van der Waals surface area contributed by atoms with Gasteiger partial charge >= 0.3 is 0 Å². The molecule has 0 aliphatic heterocycles. The van der Waals surface area contributed by atoms with E-state index in [2.05, 4.69) is 9.97 Å². The smallest absolute Gasteiger partial charge is 0.258 e. The molecule has 3 nitrogen and oxygen atoms in total. The second kappa shape index (κ2) is 4.03. The molecule has 0 unspecified atom stereocenters. The molecule has 0 atom stereocenters. The van der Waals surface area contributed by atoms with Crippen LogP contribution in [0.25, 0.3) is 10.9 Å². The fourth-order valence-electron chi connectivity index (χ4n) is 1.02. The Labute approximate surface area is 98.8 Å². The van der Waals surface area contributed by atoms with Gasteiger partial charge in [-0.3, -0.25) is 4.79 Å². The molecule has 1 heterocycles. The number of nitrogens with one attached hydrogen (secondary N) is 1. The third-order valence-electron chi connectivity index (χ3n) is 1.55. The van der Waals surface area contributed by atoms with Crippen LogP contribution in [0.5, 0.6) is 0 Å². The molecular weight excluding hydrogens is 180 g/mol. The number of H-pyrrole nitrogens is 1. The van der Waals surface area contributed by atoms with E-state index < -0.39 is 0 Å². The molecule has 2 rings (SSSR count). The zero-order valence-electron chi connectivity index (χ0n) is 6.10. The topological polar surface area (TPSA) is 45.8 Å². The van der Waals surface area contributed by atoms with Gasteiger partial charge in [-0.2, -0.15) is 0 Å². The molecule has 1 N–H and O–H groups in total. The summed E-state index contributed by atoms with van der Waals surface area (Å²) in [4.78, 5) is 17.6. The summed E-state index contributed by atoms with van der Waals surface area (Å²) in [5.74, 6) is 0. The summed E-state index contributed by atoms with van der Waals surface area (Å²) in [6, 6.07) is 7.24. The van der Waals surface area contributed by atoms with Crippen molar-refractivity contribution in [3.8, 4) is 0 Å².